The normalized spacial score (nSPS) is 21.1. The van der Waals surface area contributed by atoms with Gasteiger partial charge in [-0.3, -0.25) is 14.8 Å². The van der Waals surface area contributed by atoms with Crippen LogP contribution < -0.4 is 0 Å². The minimum atomic E-state index is -0.0876. The molecule has 2 saturated carbocycles. The zero-order valence-electron chi connectivity index (χ0n) is 16.8. The van der Waals surface area contributed by atoms with E-state index in [-0.39, 0.29) is 11.8 Å². The molecule has 2 unspecified atom stereocenters. The second kappa shape index (κ2) is 9.45. The first-order chi connectivity index (χ1) is 13.8. The van der Waals surface area contributed by atoms with Gasteiger partial charge in [0.05, 0.1) is 23.2 Å². The Morgan fingerprint density at radius 1 is 0.679 bits per heavy atom. The monoisotopic (exact) mass is 376 g/mol. The van der Waals surface area contributed by atoms with Gasteiger partial charge in [0.2, 0.25) is 0 Å². The molecule has 0 aliphatic heterocycles. The molecule has 0 bridgehead atoms. The molecule has 2 aromatic rings. The number of pyridine rings is 2. The van der Waals surface area contributed by atoms with Crippen LogP contribution in [-0.2, 0) is 4.79 Å². The van der Waals surface area contributed by atoms with Crippen LogP contribution in [0.1, 0.15) is 87.4 Å². The van der Waals surface area contributed by atoms with Crippen LogP contribution in [0.4, 0.5) is 0 Å². The van der Waals surface area contributed by atoms with Gasteiger partial charge in [-0.1, -0.05) is 50.7 Å². The summed E-state index contributed by atoms with van der Waals surface area (Å²) in [6.45, 7) is 0. The predicted molar refractivity (Wildman–Crippen MR) is 112 cm³/mol. The Labute approximate surface area is 169 Å². The van der Waals surface area contributed by atoms with Gasteiger partial charge in [0.15, 0.2) is 5.78 Å². The van der Waals surface area contributed by atoms with E-state index in [0.717, 1.165) is 37.1 Å². The number of hydrogen-bond acceptors (Lipinski definition) is 3. The fraction of sp³-hybridized carbons (Fsp3) is 0.560. The fourth-order valence-electron chi connectivity index (χ4n) is 5.49. The first-order valence-electron chi connectivity index (χ1n) is 11.2. The highest BCUT2D eigenvalue weighted by molar-refractivity contribution is 5.91. The van der Waals surface area contributed by atoms with Crippen LogP contribution in [0.2, 0.25) is 0 Å². The van der Waals surface area contributed by atoms with Crippen molar-refractivity contribution < 1.29 is 4.79 Å². The van der Waals surface area contributed by atoms with Gasteiger partial charge in [-0.05, 0) is 61.8 Å². The molecule has 3 heteroatoms. The number of nitrogens with zero attached hydrogens (tertiary/aromatic N) is 2. The Kier molecular flexibility index (Phi) is 6.51. The summed E-state index contributed by atoms with van der Waals surface area (Å²) in [4.78, 5) is 23.5. The molecule has 2 heterocycles. The van der Waals surface area contributed by atoms with Gasteiger partial charge in [-0.15, -0.1) is 0 Å². The van der Waals surface area contributed by atoms with Crippen molar-refractivity contribution in [2.24, 2.45) is 11.8 Å². The molecule has 0 amide bonds. The SMILES string of the molecule is O=C(C(c1ccccn1)C1CCCCC1)C(c1ccccn1)C1CCCCC1. The maximum atomic E-state index is 14.2. The van der Waals surface area contributed by atoms with Crippen molar-refractivity contribution in [3.63, 3.8) is 0 Å². The lowest BCUT2D eigenvalue weighted by atomic mass is 9.68. The third kappa shape index (κ3) is 4.34. The van der Waals surface area contributed by atoms with E-state index >= 15 is 0 Å². The van der Waals surface area contributed by atoms with Crippen molar-refractivity contribution in [1.82, 2.24) is 9.97 Å². The third-order valence-corrected chi connectivity index (χ3v) is 6.87. The summed E-state index contributed by atoms with van der Waals surface area (Å²) in [6, 6.07) is 12.1. The van der Waals surface area contributed by atoms with Gasteiger partial charge in [0.25, 0.3) is 0 Å². The van der Waals surface area contributed by atoms with Crippen molar-refractivity contribution in [1.29, 1.82) is 0 Å². The number of carbonyl (C=O) groups excluding carboxylic acids is 1. The van der Waals surface area contributed by atoms with Crippen LogP contribution in [0.25, 0.3) is 0 Å². The van der Waals surface area contributed by atoms with Gasteiger partial charge < -0.3 is 0 Å². The largest absolute Gasteiger partial charge is 0.298 e. The molecule has 2 fully saturated rings. The van der Waals surface area contributed by atoms with E-state index < -0.39 is 0 Å². The summed E-state index contributed by atoms with van der Waals surface area (Å²) in [5.41, 5.74) is 1.94. The molecule has 4 rings (SSSR count). The van der Waals surface area contributed by atoms with Gasteiger partial charge in [-0.25, -0.2) is 0 Å². The first-order valence-corrected chi connectivity index (χ1v) is 11.2. The van der Waals surface area contributed by atoms with E-state index in [2.05, 4.69) is 22.1 Å². The number of aromatic nitrogens is 2. The zero-order valence-corrected chi connectivity index (χ0v) is 16.8. The van der Waals surface area contributed by atoms with Crippen LogP contribution in [0, 0.1) is 11.8 Å². The second-order valence-corrected chi connectivity index (χ2v) is 8.66. The number of hydrogen-bond donors (Lipinski definition) is 0. The highest BCUT2D eigenvalue weighted by Gasteiger charge is 2.40. The topological polar surface area (TPSA) is 42.9 Å². The molecule has 28 heavy (non-hydrogen) atoms. The maximum absolute atomic E-state index is 14.2. The summed E-state index contributed by atoms with van der Waals surface area (Å²) >= 11 is 0. The lowest BCUT2D eigenvalue weighted by Crippen LogP contribution is -2.33. The van der Waals surface area contributed by atoms with Crippen molar-refractivity contribution in [2.45, 2.75) is 76.0 Å². The first kappa shape index (κ1) is 19.3. The third-order valence-electron chi connectivity index (χ3n) is 6.87. The Morgan fingerprint density at radius 2 is 1.11 bits per heavy atom. The van der Waals surface area contributed by atoms with Crippen molar-refractivity contribution in [3.8, 4) is 0 Å². The molecule has 2 aromatic heterocycles. The molecular weight excluding hydrogens is 344 g/mol. The summed E-state index contributed by atoms with van der Waals surface area (Å²) in [6.07, 6.45) is 15.8. The molecule has 0 saturated heterocycles. The number of rotatable bonds is 6. The number of carbonyl (C=O) groups is 1. The summed E-state index contributed by atoms with van der Waals surface area (Å²) in [7, 11) is 0. The quantitative estimate of drug-likeness (QED) is 0.614. The van der Waals surface area contributed by atoms with Crippen LogP contribution in [-0.4, -0.2) is 15.8 Å². The van der Waals surface area contributed by atoms with Crippen LogP contribution in [0.3, 0.4) is 0 Å². The van der Waals surface area contributed by atoms with E-state index in [4.69, 9.17) is 0 Å². The average Bonchev–Trinajstić information content (AvgIpc) is 2.77. The van der Waals surface area contributed by atoms with Gasteiger partial charge in [-0.2, -0.15) is 0 Å². The predicted octanol–water partition coefficient (Wildman–Crippen LogP) is 6.07. The van der Waals surface area contributed by atoms with Crippen LogP contribution >= 0.6 is 0 Å². The van der Waals surface area contributed by atoms with Gasteiger partial charge in [0, 0.05) is 12.4 Å². The minimum Gasteiger partial charge on any atom is -0.298 e. The van der Waals surface area contributed by atoms with Crippen LogP contribution in [0.5, 0.6) is 0 Å². The van der Waals surface area contributed by atoms with Crippen molar-refractivity contribution in [2.75, 3.05) is 0 Å². The highest BCUT2D eigenvalue weighted by Crippen LogP contribution is 2.43. The Bertz CT molecular complexity index is 670. The zero-order chi connectivity index (χ0) is 19.2. The molecule has 2 aliphatic carbocycles. The molecule has 0 N–H and O–H groups in total. The second-order valence-electron chi connectivity index (χ2n) is 8.66. The van der Waals surface area contributed by atoms with E-state index in [1.807, 2.05) is 36.7 Å². The molecule has 0 radical (unpaired) electrons. The number of ketones is 1. The lowest BCUT2D eigenvalue weighted by Gasteiger charge is -2.35. The standard InChI is InChI=1S/C25H32N2O/c28-25(23(19-11-3-1-4-12-19)21-15-7-9-17-26-21)24(20-13-5-2-6-14-20)22-16-8-10-18-27-22/h7-10,15-20,23-24H,1-6,11-14H2. The molecule has 148 valence electrons. The van der Waals surface area contributed by atoms with Crippen LogP contribution in [0.15, 0.2) is 48.8 Å². The average molecular weight is 377 g/mol. The molecule has 2 atom stereocenters. The smallest absolute Gasteiger partial charge is 0.151 e. The summed E-state index contributed by atoms with van der Waals surface area (Å²) in [5.74, 6) is 1.04. The summed E-state index contributed by atoms with van der Waals surface area (Å²) in [5, 5.41) is 0. The molecule has 0 aromatic carbocycles. The Hall–Kier alpha value is -2.03. The maximum Gasteiger partial charge on any atom is 0.151 e. The molecule has 0 spiro atoms. The Balaban J connectivity index is 1.70. The molecule has 3 nitrogen and oxygen atoms in total. The minimum absolute atomic E-state index is 0.0876. The molecule has 2 aliphatic rings. The fourth-order valence-corrected chi connectivity index (χ4v) is 5.49. The lowest BCUT2D eigenvalue weighted by molar-refractivity contribution is -0.125. The van der Waals surface area contributed by atoms with E-state index in [1.165, 1.54) is 38.5 Å². The van der Waals surface area contributed by atoms with E-state index in [1.54, 1.807) is 0 Å². The van der Waals surface area contributed by atoms with Gasteiger partial charge >= 0.3 is 0 Å². The highest BCUT2D eigenvalue weighted by atomic mass is 16.1. The van der Waals surface area contributed by atoms with E-state index in [9.17, 15) is 4.79 Å². The molecular formula is C25H32N2O. The number of Topliss-reactive ketones (excluding diaryl/α,β-unsaturated/α-hetero) is 1. The van der Waals surface area contributed by atoms with Gasteiger partial charge in [0.1, 0.15) is 0 Å². The van der Waals surface area contributed by atoms with Crippen molar-refractivity contribution in [3.05, 3.63) is 60.2 Å². The summed E-state index contributed by atoms with van der Waals surface area (Å²) < 4.78 is 0. The van der Waals surface area contributed by atoms with E-state index in [0.29, 0.717) is 17.6 Å². The Morgan fingerprint density at radius 3 is 1.46 bits per heavy atom. The van der Waals surface area contributed by atoms with Crippen molar-refractivity contribution >= 4 is 5.78 Å².